The minimum absolute atomic E-state index is 0.288. The zero-order valence-electron chi connectivity index (χ0n) is 19.1. The second kappa shape index (κ2) is 10.9. The van der Waals surface area contributed by atoms with E-state index in [9.17, 15) is 4.79 Å². The van der Waals surface area contributed by atoms with Gasteiger partial charge in [-0.05, 0) is 90.2 Å². The number of rotatable bonds is 7. The van der Waals surface area contributed by atoms with Crippen LogP contribution in [0.5, 0.6) is 5.75 Å². The number of nitrogens with one attached hydrogen (secondary N) is 1. The molecule has 5 rings (SSSR count). The summed E-state index contributed by atoms with van der Waals surface area (Å²) in [4.78, 5) is 12.8. The molecule has 1 heterocycles. The molecular weight excluding hydrogens is 582 g/mol. The fraction of sp³-hybridized carbons (Fsp3) is 0.0345. The number of hydrazone groups is 1. The molecule has 5 nitrogen and oxygen atoms in total. The normalized spacial score (nSPS) is 11.2. The van der Waals surface area contributed by atoms with Gasteiger partial charge in [-0.1, -0.05) is 54.6 Å². The van der Waals surface area contributed by atoms with Gasteiger partial charge in [0.15, 0.2) is 0 Å². The number of para-hydroxylation sites is 1. The molecule has 0 radical (unpaired) electrons. The maximum Gasteiger partial charge on any atom is 0.273 e. The van der Waals surface area contributed by atoms with Crippen LogP contribution in [0.3, 0.4) is 0 Å². The molecule has 0 atom stereocenters. The molecule has 0 fully saturated rings. The number of hydrogen-bond acceptors (Lipinski definition) is 3. The first-order valence-electron chi connectivity index (χ1n) is 11.2. The number of amides is 1. The maximum absolute atomic E-state index is 12.8. The first kappa shape index (κ1) is 24.0. The number of carbonyl (C=O) groups is 1. The third-order valence-corrected chi connectivity index (χ3v) is 6.86. The first-order chi connectivity index (χ1) is 17.6. The first-order valence-corrected chi connectivity index (χ1v) is 12.8. The van der Waals surface area contributed by atoms with Crippen LogP contribution in [-0.2, 0) is 6.61 Å². The second-order valence-corrected chi connectivity index (χ2v) is 9.76. The van der Waals surface area contributed by atoms with Crippen LogP contribution in [0.25, 0.3) is 16.5 Å². The highest BCUT2D eigenvalue weighted by Gasteiger charge is 2.12. The minimum Gasteiger partial charge on any atom is -0.487 e. The smallest absolute Gasteiger partial charge is 0.273 e. The van der Waals surface area contributed by atoms with Gasteiger partial charge in [-0.2, -0.15) is 5.10 Å². The third kappa shape index (κ3) is 5.27. The Morgan fingerprint density at radius 2 is 1.58 bits per heavy atom. The van der Waals surface area contributed by atoms with Gasteiger partial charge in [-0.3, -0.25) is 4.79 Å². The van der Waals surface area contributed by atoms with E-state index in [0.717, 1.165) is 25.8 Å². The predicted octanol–water partition coefficient (Wildman–Crippen LogP) is 7.50. The van der Waals surface area contributed by atoms with Gasteiger partial charge in [0.25, 0.3) is 5.91 Å². The number of benzene rings is 4. The fourth-order valence-corrected chi connectivity index (χ4v) is 5.42. The van der Waals surface area contributed by atoms with Crippen LogP contribution in [0.15, 0.2) is 117 Å². The van der Waals surface area contributed by atoms with E-state index in [1.165, 1.54) is 10.8 Å². The Hall–Kier alpha value is -3.68. The zero-order valence-corrected chi connectivity index (χ0v) is 22.2. The lowest BCUT2D eigenvalue weighted by Gasteiger charge is -2.13. The highest BCUT2D eigenvalue weighted by molar-refractivity contribution is 9.11. The summed E-state index contributed by atoms with van der Waals surface area (Å²) in [5.41, 5.74) is 5.85. The Labute approximate surface area is 225 Å². The van der Waals surface area contributed by atoms with Crippen LogP contribution < -0.4 is 10.2 Å². The molecule has 0 saturated heterocycles. The van der Waals surface area contributed by atoms with Gasteiger partial charge in [-0.25, -0.2) is 5.43 Å². The van der Waals surface area contributed by atoms with E-state index in [4.69, 9.17) is 4.74 Å². The van der Waals surface area contributed by atoms with Gasteiger partial charge in [0.05, 0.1) is 26.4 Å². The summed E-state index contributed by atoms with van der Waals surface area (Å²) in [6.45, 7) is 0.433. The van der Waals surface area contributed by atoms with Gasteiger partial charge in [0.2, 0.25) is 0 Å². The van der Waals surface area contributed by atoms with Crippen LogP contribution >= 0.6 is 31.9 Å². The Morgan fingerprint density at radius 3 is 2.39 bits per heavy atom. The van der Waals surface area contributed by atoms with Gasteiger partial charge in [0, 0.05) is 12.4 Å². The summed E-state index contributed by atoms with van der Waals surface area (Å²) < 4.78 is 9.61. The Kier molecular flexibility index (Phi) is 7.30. The molecule has 178 valence electrons. The molecule has 0 unspecified atom stereocenters. The Bertz CT molecular complexity index is 1530. The molecule has 7 heteroatoms. The average Bonchev–Trinajstić information content (AvgIpc) is 3.43. The summed E-state index contributed by atoms with van der Waals surface area (Å²) >= 11 is 7.21. The van der Waals surface area contributed by atoms with Crippen molar-refractivity contribution in [3.8, 4) is 11.4 Å². The Balaban J connectivity index is 1.28. The van der Waals surface area contributed by atoms with Gasteiger partial charge in [-0.15, -0.1) is 0 Å². The third-order valence-electron chi connectivity index (χ3n) is 5.68. The van der Waals surface area contributed by atoms with Crippen LogP contribution in [0.2, 0.25) is 0 Å². The summed E-state index contributed by atoms with van der Waals surface area (Å²) in [5, 5.41) is 6.52. The van der Waals surface area contributed by atoms with E-state index < -0.39 is 0 Å². The van der Waals surface area contributed by atoms with Crippen molar-refractivity contribution in [1.82, 2.24) is 9.99 Å². The molecule has 1 aromatic heterocycles. The summed E-state index contributed by atoms with van der Waals surface area (Å²) in [5.74, 6) is 0.411. The van der Waals surface area contributed by atoms with E-state index in [0.29, 0.717) is 17.9 Å². The van der Waals surface area contributed by atoms with Gasteiger partial charge < -0.3 is 9.30 Å². The van der Waals surface area contributed by atoms with E-state index in [1.807, 2.05) is 77.6 Å². The second-order valence-electron chi connectivity index (χ2n) is 8.05. The molecule has 36 heavy (non-hydrogen) atoms. The molecule has 0 bridgehead atoms. The van der Waals surface area contributed by atoms with Crippen LogP contribution in [0.4, 0.5) is 0 Å². The van der Waals surface area contributed by atoms with Crippen molar-refractivity contribution >= 4 is 54.8 Å². The average molecular weight is 603 g/mol. The molecule has 1 N–H and O–H groups in total. The summed E-state index contributed by atoms with van der Waals surface area (Å²) in [6, 6.07) is 29.5. The maximum atomic E-state index is 12.8. The molecule has 4 aromatic carbocycles. The fourth-order valence-electron chi connectivity index (χ4n) is 3.97. The summed E-state index contributed by atoms with van der Waals surface area (Å²) in [6.07, 6.45) is 5.39. The number of halogens is 2. The lowest BCUT2D eigenvalue weighted by Crippen LogP contribution is -2.19. The van der Waals surface area contributed by atoms with Crippen molar-refractivity contribution in [2.75, 3.05) is 0 Å². The molecule has 0 saturated carbocycles. The van der Waals surface area contributed by atoms with Gasteiger partial charge >= 0.3 is 0 Å². The SMILES string of the molecule is O=C(N/N=C\c1cc(Br)c(OCc2cccc3ccccc23)c(Br)c1)c1ccccc1-n1cccc1. The molecular formula is C29H21Br2N3O2. The van der Waals surface area contributed by atoms with Crippen molar-refractivity contribution in [1.29, 1.82) is 0 Å². The monoisotopic (exact) mass is 601 g/mol. The van der Waals surface area contributed by atoms with E-state index >= 15 is 0 Å². The number of ether oxygens (including phenoxy) is 1. The zero-order chi connectivity index (χ0) is 24.9. The van der Waals surface area contributed by atoms with Crippen molar-refractivity contribution in [3.63, 3.8) is 0 Å². The number of carbonyl (C=O) groups excluding carboxylic acids is 1. The Morgan fingerprint density at radius 1 is 0.889 bits per heavy atom. The van der Waals surface area contributed by atoms with Crippen LogP contribution in [0, 0.1) is 0 Å². The molecule has 0 spiro atoms. The van der Waals surface area contributed by atoms with E-state index in [1.54, 1.807) is 12.3 Å². The molecule has 1 amide bonds. The van der Waals surface area contributed by atoms with E-state index in [-0.39, 0.29) is 5.91 Å². The molecule has 0 aliphatic carbocycles. The number of aromatic nitrogens is 1. The largest absolute Gasteiger partial charge is 0.487 e. The lowest BCUT2D eigenvalue weighted by atomic mass is 10.1. The number of fused-ring (bicyclic) bond motifs is 1. The van der Waals surface area contributed by atoms with Crippen molar-refractivity contribution in [2.45, 2.75) is 6.61 Å². The number of hydrogen-bond donors (Lipinski definition) is 1. The summed E-state index contributed by atoms with van der Waals surface area (Å²) in [7, 11) is 0. The predicted molar refractivity (Wildman–Crippen MR) is 151 cm³/mol. The number of nitrogens with zero attached hydrogens (tertiary/aromatic N) is 2. The van der Waals surface area contributed by atoms with Crippen LogP contribution in [0.1, 0.15) is 21.5 Å². The van der Waals surface area contributed by atoms with Crippen molar-refractivity contribution < 1.29 is 9.53 Å². The standard InChI is InChI=1S/C29H21Br2N3O2/c30-25-16-20(18-32-33-29(35)24-12-3-4-13-27(24)34-14-5-6-15-34)17-26(31)28(25)36-19-22-10-7-9-21-8-1-2-11-23(21)22/h1-18H,19H2,(H,33,35)/b32-18-. The quantitative estimate of drug-likeness (QED) is 0.155. The van der Waals surface area contributed by atoms with Crippen molar-refractivity contribution in [3.05, 3.63) is 129 Å². The van der Waals surface area contributed by atoms with Crippen LogP contribution in [-0.4, -0.2) is 16.7 Å². The molecule has 0 aliphatic rings. The van der Waals surface area contributed by atoms with E-state index in [2.05, 4.69) is 66.7 Å². The highest BCUT2D eigenvalue weighted by Crippen LogP contribution is 2.35. The van der Waals surface area contributed by atoms with Gasteiger partial charge in [0.1, 0.15) is 12.4 Å². The molecule has 5 aromatic rings. The lowest BCUT2D eigenvalue weighted by molar-refractivity contribution is 0.0955. The highest BCUT2D eigenvalue weighted by atomic mass is 79.9. The minimum atomic E-state index is -0.288. The topological polar surface area (TPSA) is 55.6 Å². The van der Waals surface area contributed by atoms with Crippen molar-refractivity contribution in [2.24, 2.45) is 5.10 Å². The molecule has 0 aliphatic heterocycles.